The van der Waals surface area contributed by atoms with Gasteiger partial charge in [-0.15, -0.1) is 0 Å². The van der Waals surface area contributed by atoms with Gasteiger partial charge in [0, 0.05) is 12.1 Å². The molecular weight excluding hydrogens is 316 g/mol. The molecule has 0 bridgehead atoms. The average molecular weight is 330 g/mol. The van der Waals surface area contributed by atoms with E-state index in [0.717, 1.165) is 0 Å². The number of hydrogen-bond acceptors (Lipinski definition) is 6. The highest BCUT2D eigenvalue weighted by Gasteiger charge is 2.15. The molecule has 24 heavy (non-hydrogen) atoms. The normalized spacial score (nSPS) is 12.9. The smallest absolute Gasteiger partial charge is 0.339 e. The fraction of sp³-hybridized carbons (Fsp3) is 0.188. The summed E-state index contributed by atoms with van der Waals surface area (Å²) in [5.74, 6) is 7.64. The first-order valence-corrected chi connectivity index (χ1v) is 6.99. The fourth-order valence-corrected chi connectivity index (χ4v) is 1.93. The summed E-state index contributed by atoms with van der Waals surface area (Å²) in [5, 5.41) is 9.66. The lowest BCUT2D eigenvalue weighted by atomic mass is 10.3. The van der Waals surface area contributed by atoms with E-state index in [1.807, 2.05) is 0 Å². The number of carbonyl (C=O) groups excluding carboxylic acids is 1. The predicted octanol–water partition coefficient (Wildman–Crippen LogP) is 2.31. The zero-order valence-corrected chi connectivity index (χ0v) is 12.7. The highest BCUT2D eigenvalue weighted by atomic mass is 16.7. The van der Waals surface area contributed by atoms with Gasteiger partial charge in [0.05, 0.1) is 0 Å². The van der Waals surface area contributed by atoms with Crippen LogP contribution in [0.25, 0.3) is 0 Å². The lowest BCUT2D eigenvalue weighted by Crippen LogP contribution is -2.38. The second-order valence-corrected chi connectivity index (χ2v) is 4.86. The van der Waals surface area contributed by atoms with Crippen molar-refractivity contribution in [2.75, 3.05) is 6.79 Å². The number of nitrogens with zero attached hydrogens (tertiary/aromatic N) is 1. The Morgan fingerprint density at radius 1 is 1.33 bits per heavy atom. The zero-order chi connectivity index (χ0) is 17.1. The third kappa shape index (κ3) is 3.37. The minimum absolute atomic E-state index is 0.185. The van der Waals surface area contributed by atoms with Crippen LogP contribution in [0.15, 0.2) is 34.7 Å². The topological polar surface area (TPSA) is 107 Å². The van der Waals surface area contributed by atoms with Gasteiger partial charge in [0.15, 0.2) is 17.3 Å². The number of furan rings is 1. The van der Waals surface area contributed by atoms with Crippen LogP contribution in [-0.4, -0.2) is 29.1 Å². The number of nitrogens with two attached hydrogens (primary N) is 1. The van der Waals surface area contributed by atoms with Gasteiger partial charge in [0.1, 0.15) is 11.8 Å². The molecule has 0 saturated carbocycles. The summed E-state index contributed by atoms with van der Waals surface area (Å²) in [6, 6.07) is 6.60. The van der Waals surface area contributed by atoms with E-state index >= 15 is 0 Å². The molecule has 0 spiro atoms. The summed E-state index contributed by atoms with van der Waals surface area (Å²) in [4.78, 5) is 10.8. The number of benzene rings is 1. The van der Waals surface area contributed by atoms with Crippen molar-refractivity contribution in [3.05, 3.63) is 36.1 Å². The molecule has 1 aromatic heterocycles. The summed E-state index contributed by atoms with van der Waals surface area (Å²) >= 11 is 0. The van der Waals surface area contributed by atoms with Crippen molar-refractivity contribution in [3.8, 4) is 35.0 Å². The van der Waals surface area contributed by atoms with E-state index in [2.05, 4.69) is 11.8 Å². The maximum Gasteiger partial charge on any atom is 0.339 e. The third-order valence-electron chi connectivity index (χ3n) is 3.14. The highest BCUT2D eigenvalue weighted by Crippen LogP contribution is 2.36. The number of primary amides is 1. The van der Waals surface area contributed by atoms with E-state index < -0.39 is 12.1 Å². The molecule has 1 unspecified atom stereocenters. The van der Waals surface area contributed by atoms with E-state index in [9.17, 15) is 10.0 Å². The predicted molar refractivity (Wildman–Crippen MR) is 80.9 cm³/mol. The first-order chi connectivity index (χ1) is 11.5. The Hall–Kier alpha value is -3.31. The molecule has 124 valence electrons. The number of ether oxygens (including phenoxy) is 3. The van der Waals surface area contributed by atoms with Gasteiger partial charge < -0.3 is 24.4 Å². The standard InChI is InChI=1S/C16H14N2O6/c1-10(18(20)16(17)19)2-3-11-5-7-15(23-11)24-12-4-6-13-14(8-12)22-9-21-13/h4-8,10,20H,9H2,1H3,(H2,17,19). The Balaban J connectivity index is 1.67. The van der Waals surface area contributed by atoms with Crippen molar-refractivity contribution < 1.29 is 28.6 Å². The van der Waals surface area contributed by atoms with Gasteiger partial charge in [-0.05, 0) is 31.0 Å². The van der Waals surface area contributed by atoms with Crippen molar-refractivity contribution >= 4 is 6.03 Å². The number of hydroxylamine groups is 2. The Labute approximate surface area is 137 Å². The van der Waals surface area contributed by atoms with Gasteiger partial charge in [-0.3, -0.25) is 5.21 Å². The van der Waals surface area contributed by atoms with E-state index in [4.69, 9.17) is 24.4 Å². The lowest BCUT2D eigenvalue weighted by molar-refractivity contribution is -0.0536. The minimum atomic E-state index is -0.983. The van der Waals surface area contributed by atoms with Gasteiger partial charge in [-0.2, -0.15) is 5.06 Å². The first-order valence-electron chi connectivity index (χ1n) is 6.99. The molecular formula is C16H14N2O6. The van der Waals surface area contributed by atoms with Crippen LogP contribution in [-0.2, 0) is 0 Å². The van der Waals surface area contributed by atoms with Crippen molar-refractivity contribution in [2.45, 2.75) is 13.0 Å². The molecule has 8 heteroatoms. The fourth-order valence-electron chi connectivity index (χ4n) is 1.93. The molecule has 0 radical (unpaired) electrons. The second-order valence-electron chi connectivity index (χ2n) is 4.86. The van der Waals surface area contributed by atoms with Gasteiger partial charge in [0.25, 0.3) is 5.95 Å². The molecule has 0 fully saturated rings. The van der Waals surface area contributed by atoms with Crippen LogP contribution in [0, 0.1) is 11.8 Å². The SMILES string of the molecule is CC(C#Cc1ccc(Oc2ccc3c(c2)OCO3)o1)N(O)C(N)=O. The van der Waals surface area contributed by atoms with Crippen LogP contribution in [0.5, 0.6) is 23.2 Å². The molecule has 1 aliphatic heterocycles. The van der Waals surface area contributed by atoms with E-state index in [-0.39, 0.29) is 12.7 Å². The quantitative estimate of drug-likeness (QED) is 0.508. The van der Waals surface area contributed by atoms with E-state index in [1.165, 1.54) is 6.92 Å². The van der Waals surface area contributed by atoms with Gasteiger partial charge >= 0.3 is 6.03 Å². The molecule has 8 nitrogen and oxygen atoms in total. The van der Waals surface area contributed by atoms with Crippen molar-refractivity contribution in [2.24, 2.45) is 5.73 Å². The van der Waals surface area contributed by atoms with Crippen molar-refractivity contribution in [1.82, 2.24) is 5.06 Å². The summed E-state index contributed by atoms with van der Waals surface area (Å²) in [6.07, 6.45) is 0. The summed E-state index contributed by atoms with van der Waals surface area (Å²) in [7, 11) is 0. The number of hydrogen-bond donors (Lipinski definition) is 2. The molecule has 0 aliphatic carbocycles. The first kappa shape index (κ1) is 15.6. The lowest BCUT2D eigenvalue weighted by Gasteiger charge is -2.14. The number of carbonyl (C=O) groups is 1. The van der Waals surface area contributed by atoms with Crippen LogP contribution >= 0.6 is 0 Å². The van der Waals surface area contributed by atoms with Crippen LogP contribution in [0.1, 0.15) is 12.7 Å². The molecule has 1 aromatic carbocycles. The number of fused-ring (bicyclic) bond motifs is 1. The number of urea groups is 1. The Bertz CT molecular complexity index is 819. The third-order valence-corrected chi connectivity index (χ3v) is 3.14. The molecule has 3 N–H and O–H groups in total. The van der Waals surface area contributed by atoms with Crippen LogP contribution in [0.4, 0.5) is 4.79 Å². The molecule has 2 aromatic rings. The number of amides is 2. The van der Waals surface area contributed by atoms with Crippen molar-refractivity contribution in [1.29, 1.82) is 0 Å². The van der Waals surface area contributed by atoms with Gasteiger partial charge in [-0.25, -0.2) is 4.79 Å². The largest absolute Gasteiger partial charge is 0.454 e. The van der Waals surface area contributed by atoms with Gasteiger partial charge in [-0.1, -0.05) is 5.92 Å². The zero-order valence-electron chi connectivity index (χ0n) is 12.7. The molecule has 2 amide bonds. The maximum atomic E-state index is 10.8. The number of rotatable bonds is 3. The minimum Gasteiger partial charge on any atom is -0.454 e. The van der Waals surface area contributed by atoms with E-state index in [1.54, 1.807) is 30.3 Å². The summed E-state index contributed by atoms with van der Waals surface area (Å²) in [6.45, 7) is 1.70. The Kier molecular flexibility index (Phi) is 4.18. The van der Waals surface area contributed by atoms with Crippen LogP contribution in [0.2, 0.25) is 0 Å². The van der Waals surface area contributed by atoms with Crippen molar-refractivity contribution in [3.63, 3.8) is 0 Å². The molecule has 0 saturated heterocycles. The molecule has 3 rings (SSSR count). The van der Waals surface area contributed by atoms with Gasteiger partial charge in [0.2, 0.25) is 6.79 Å². The van der Waals surface area contributed by atoms with E-state index in [0.29, 0.717) is 28.1 Å². The van der Waals surface area contributed by atoms with Crippen LogP contribution in [0.3, 0.4) is 0 Å². The highest BCUT2D eigenvalue weighted by molar-refractivity contribution is 5.71. The molecule has 1 aliphatic rings. The summed E-state index contributed by atoms with van der Waals surface area (Å²) in [5.41, 5.74) is 4.94. The molecule has 1 atom stereocenters. The monoisotopic (exact) mass is 330 g/mol. The Morgan fingerprint density at radius 2 is 2.12 bits per heavy atom. The average Bonchev–Trinajstić information content (AvgIpc) is 3.20. The maximum absolute atomic E-state index is 10.8. The summed E-state index contributed by atoms with van der Waals surface area (Å²) < 4.78 is 21.5. The second kappa shape index (κ2) is 6.44. The molecule has 2 heterocycles. The Morgan fingerprint density at radius 3 is 2.92 bits per heavy atom. The van der Waals surface area contributed by atoms with Crippen LogP contribution < -0.4 is 19.9 Å².